The summed E-state index contributed by atoms with van der Waals surface area (Å²) in [5.74, 6) is -0.931. The van der Waals surface area contributed by atoms with Gasteiger partial charge in [-0.1, -0.05) is 12.1 Å². The summed E-state index contributed by atoms with van der Waals surface area (Å²) in [5.41, 5.74) is 0.784. The molecular formula is C10H8N2O3. The van der Waals surface area contributed by atoms with E-state index in [9.17, 15) is 9.90 Å². The lowest BCUT2D eigenvalue weighted by Crippen LogP contribution is -2.03. The highest BCUT2D eigenvalue weighted by Crippen LogP contribution is 2.23. The molecule has 0 unspecified atom stereocenters. The molecule has 0 spiro atoms. The molecule has 15 heavy (non-hydrogen) atoms. The molecule has 0 amide bonds. The van der Waals surface area contributed by atoms with Crippen LogP contribution in [0.2, 0.25) is 0 Å². The van der Waals surface area contributed by atoms with Crippen LogP contribution >= 0.6 is 0 Å². The van der Waals surface area contributed by atoms with Crippen LogP contribution in [0.15, 0.2) is 24.5 Å². The van der Waals surface area contributed by atoms with Crippen molar-refractivity contribution in [3.8, 4) is 5.75 Å². The maximum absolute atomic E-state index is 10.6. The number of hydrogen-bond acceptors (Lipinski definition) is 4. The van der Waals surface area contributed by atoms with Crippen molar-refractivity contribution in [2.45, 2.75) is 6.42 Å². The molecule has 2 rings (SSSR count). The largest absolute Gasteiger partial charge is 0.506 e. The van der Waals surface area contributed by atoms with Gasteiger partial charge in [-0.05, 0) is 6.07 Å². The molecule has 0 saturated carbocycles. The fourth-order valence-corrected chi connectivity index (χ4v) is 1.41. The summed E-state index contributed by atoms with van der Waals surface area (Å²) in [6.07, 6.45) is 1.07. The summed E-state index contributed by atoms with van der Waals surface area (Å²) in [4.78, 5) is 18.4. The Kier molecular flexibility index (Phi) is 2.21. The normalized spacial score (nSPS) is 10.4. The molecular weight excluding hydrogens is 196 g/mol. The number of phenolic OH excluding ortho intramolecular Hbond substituents is 1. The Hall–Kier alpha value is -2.17. The number of aromatic nitrogens is 2. The van der Waals surface area contributed by atoms with E-state index in [1.807, 2.05) is 0 Å². The van der Waals surface area contributed by atoms with Gasteiger partial charge >= 0.3 is 5.97 Å². The summed E-state index contributed by atoms with van der Waals surface area (Å²) in [5, 5.41) is 18.7. The van der Waals surface area contributed by atoms with Crippen LogP contribution in [0.5, 0.6) is 5.75 Å². The van der Waals surface area contributed by atoms with Crippen LogP contribution < -0.4 is 0 Å². The molecule has 0 saturated heterocycles. The third-order valence-electron chi connectivity index (χ3n) is 2.04. The van der Waals surface area contributed by atoms with Gasteiger partial charge in [0.1, 0.15) is 17.6 Å². The number of para-hydroxylation sites is 1. The Labute approximate surface area is 85.0 Å². The highest BCUT2D eigenvalue weighted by atomic mass is 16.4. The van der Waals surface area contributed by atoms with Crippen LogP contribution in [0.25, 0.3) is 10.9 Å². The number of benzene rings is 1. The van der Waals surface area contributed by atoms with Gasteiger partial charge in [-0.25, -0.2) is 9.97 Å². The van der Waals surface area contributed by atoms with Crippen molar-refractivity contribution in [2.24, 2.45) is 0 Å². The lowest BCUT2D eigenvalue weighted by atomic mass is 10.1. The number of fused-ring (bicyclic) bond motifs is 1. The molecule has 0 radical (unpaired) electrons. The van der Waals surface area contributed by atoms with Crippen molar-refractivity contribution in [3.63, 3.8) is 0 Å². The number of carboxylic acids is 1. The molecule has 1 aromatic carbocycles. The van der Waals surface area contributed by atoms with E-state index >= 15 is 0 Å². The number of carboxylic acid groups (broad SMARTS) is 1. The summed E-state index contributed by atoms with van der Waals surface area (Å²) < 4.78 is 0. The molecule has 76 valence electrons. The Balaban J connectivity index is 2.65. The standard InChI is InChI=1S/C10H8N2O3/c13-8-3-1-2-6-7(4-9(14)15)11-5-12-10(6)8/h1-3,5,13H,4H2,(H,14,15). The minimum atomic E-state index is -0.960. The highest BCUT2D eigenvalue weighted by molar-refractivity contribution is 5.88. The Morgan fingerprint density at radius 1 is 1.33 bits per heavy atom. The van der Waals surface area contributed by atoms with Crippen molar-refractivity contribution in [3.05, 3.63) is 30.2 Å². The van der Waals surface area contributed by atoms with Crippen LogP contribution in [-0.4, -0.2) is 26.2 Å². The van der Waals surface area contributed by atoms with Gasteiger partial charge in [-0.3, -0.25) is 4.79 Å². The van der Waals surface area contributed by atoms with Gasteiger partial charge in [0.2, 0.25) is 0 Å². The maximum atomic E-state index is 10.6. The number of aliphatic carboxylic acids is 1. The second kappa shape index (κ2) is 3.53. The third-order valence-corrected chi connectivity index (χ3v) is 2.04. The number of aromatic hydroxyl groups is 1. The van der Waals surface area contributed by atoms with Gasteiger partial charge in [0.15, 0.2) is 0 Å². The summed E-state index contributed by atoms with van der Waals surface area (Å²) in [7, 11) is 0. The molecule has 0 aliphatic rings. The fourth-order valence-electron chi connectivity index (χ4n) is 1.41. The van der Waals surface area contributed by atoms with Crippen molar-refractivity contribution in [2.75, 3.05) is 0 Å². The van der Waals surface area contributed by atoms with Gasteiger partial charge in [0, 0.05) is 5.39 Å². The van der Waals surface area contributed by atoms with Crippen LogP contribution in [0.3, 0.4) is 0 Å². The summed E-state index contributed by atoms with van der Waals surface area (Å²) in [6, 6.07) is 4.82. The summed E-state index contributed by atoms with van der Waals surface area (Å²) >= 11 is 0. The first-order chi connectivity index (χ1) is 7.18. The van der Waals surface area contributed by atoms with Crippen LogP contribution in [0.1, 0.15) is 5.69 Å². The van der Waals surface area contributed by atoms with E-state index in [2.05, 4.69) is 9.97 Å². The van der Waals surface area contributed by atoms with Crippen molar-refractivity contribution in [1.82, 2.24) is 9.97 Å². The minimum absolute atomic E-state index is 0.0292. The maximum Gasteiger partial charge on any atom is 0.309 e. The molecule has 0 aliphatic carbocycles. The average molecular weight is 204 g/mol. The Bertz CT molecular complexity index is 525. The topological polar surface area (TPSA) is 83.3 Å². The molecule has 0 aliphatic heterocycles. The van der Waals surface area contributed by atoms with Gasteiger partial charge in [0.05, 0.1) is 12.1 Å². The monoisotopic (exact) mass is 204 g/mol. The highest BCUT2D eigenvalue weighted by Gasteiger charge is 2.09. The first-order valence-electron chi connectivity index (χ1n) is 4.32. The van der Waals surface area contributed by atoms with Crippen molar-refractivity contribution >= 4 is 16.9 Å². The van der Waals surface area contributed by atoms with Crippen molar-refractivity contribution < 1.29 is 15.0 Å². The van der Waals surface area contributed by atoms with Gasteiger partial charge in [-0.2, -0.15) is 0 Å². The molecule has 1 aromatic heterocycles. The zero-order chi connectivity index (χ0) is 10.8. The first-order valence-corrected chi connectivity index (χ1v) is 4.32. The number of carbonyl (C=O) groups is 1. The Morgan fingerprint density at radius 3 is 2.87 bits per heavy atom. The molecule has 2 aromatic rings. The zero-order valence-corrected chi connectivity index (χ0v) is 7.71. The first kappa shape index (κ1) is 9.39. The van der Waals surface area contributed by atoms with E-state index < -0.39 is 5.97 Å². The smallest absolute Gasteiger partial charge is 0.309 e. The van der Waals surface area contributed by atoms with Gasteiger partial charge in [0.25, 0.3) is 0 Å². The second-order valence-electron chi connectivity index (χ2n) is 3.06. The van der Waals surface area contributed by atoms with Crippen LogP contribution in [0.4, 0.5) is 0 Å². The number of phenols is 1. The second-order valence-corrected chi connectivity index (χ2v) is 3.06. The molecule has 0 bridgehead atoms. The average Bonchev–Trinajstić information content (AvgIpc) is 2.19. The zero-order valence-electron chi connectivity index (χ0n) is 7.71. The molecule has 5 nitrogen and oxygen atoms in total. The van der Waals surface area contributed by atoms with Crippen LogP contribution in [-0.2, 0) is 11.2 Å². The predicted octanol–water partition coefficient (Wildman–Crippen LogP) is 0.962. The van der Waals surface area contributed by atoms with E-state index in [1.165, 1.54) is 12.4 Å². The van der Waals surface area contributed by atoms with E-state index in [1.54, 1.807) is 12.1 Å². The summed E-state index contributed by atoms with van der Waals surface area (Å²) in [6.45, 7) is 0. The van der Waals surface area contributed by atoms with E-state index in [0.29, 0.717) is 16.6 Å². The number of hydrogen-bond donors (Lipinski definition) is 2. The third kappa shape index (κ3) is 1.71. The minimum Gasteiger partial charge on any atom is -0.506 e. The quantitative estimate of drug-likeness (QED) is 0.761. The molecule has 1 heterocycles. The van der Waals surface area contributed by atoms with E-state index in [-0.39, 0.29) is 12.2 Å². The van der Waals surface area contributed by atoms with E-state index in [0.717, 1.165) is 0 Å². The molecule has 0 atom stereocenters. The van der Waals surface area contributed by atoms with Crippen LogP contribution in [0, 0.1) is 0 Å². The van der Waals surface area contributed by atoms with Gasteiger partial charge in [-0.15, -0.1) is 0 Å². The number of nitrogens with zero attached hydrogens (tertiary/aromatic N) is 2. The van der Waals surface area contributed by atoms with Gasteiger partial charge < -0.3 is 10.2 Å². The molecule has 2 N–H and O–H groups in total. The Morgan fingerprint density at radius 2 is 2.13 bits per heavy atom. The SMILES string of the molecule is O=C(O)Cc1ncnc2c(O)cccc12. The fraction of sp³-hybridized carbons (Fsp3) is 0.100. The lowest BCUT2D eigenvalue weighted by molar-refractivity contribution is -0.136. The molecule has 0 fully saturated rings. The lowest BCUT2D eigenvalue weighted by Gasteiger charge is -2.03. The predicted molar refractivity (Wildman–Crippen MR) is 52.5 cm³/mol. The number of rotatable bonds is 2. The molecule has 5 heteroatoms. The van der Waals surface area contributed by atoms with Crippen molar-refractivity contribution in [1.29, 1.82) is 0 Å². The van der Waals surface area contributed by atoms with E-state index in [4.69, 9.17) is 5.11 Å².